The fraction of sp³-hybridized carbons (Fsp3) is 0.714. The van der Waals surface area contributed by atoms with Crippen LogP contribution in [0.15, 0.2) is 18.2 Å². The molecule has 3 rings (SSSR count). The number of phenolic OH excluding ortho intramolecular Hbond substituents is 1. The van der Waals surface area contributed by atoms with Crippen molar-refractivity contribution in [2.24, 2.45) is 11.8 Å². The molecule has 0 spiro atoms. The zero-order chi connectivity index (χ0) is 17.1. The molecule has 3 heteroatoms. The monoisotopic (exact) mass is 332 g/mol. The molecule has 1 saturated carbocycles. The van der Waals surface area contributed by atoms with Crippen LogP contribution in [-0.4, -0.2) is 30.0 Å². The number of hydrogen-bond acceptors (Lipinski definition) is 3. The van der Waals surface area contributed by atoms with E-state index < -0.39 is 0 Å². The van der Waals surface area contributed by atoms with Crippen LogP contribution in [0.2, 0.25) is 0 Å². The molecule has 0 saturated heterocycles. The molecule has 0 aromatic heterocycles. The highest BCUT2D eigenvalue weighted by atomic mass is 16.5. The summed E-state index contributed by atoms with van der Waals surface area (Å²) in [4.78, 5) is 0. The van der Waals surface area contributed by atoms with E-state index in [9.17, 15) is 10.2 Å². The van der Waals surface area contributed by atoms with E-state index in [-0.39, 0.29) is 6.10 Å². The average molecular weight is 332 g/mol. The van der Waals surface area contributed by atoms with Crippen LogP contribution in [0, 0.1) is 11.8 Å². The number of phenols is 1. The molecule has 2 aliphatic carbocycles. The highest BCUT2D eigenvalue weighted by Crippen LogP contribution is 2.53. The summed E-state index contributed by atoms with van der Waals surface area (Å²) in [6.07, 6.45) is 7.78. The normalized spacial score (nSPS) is 30.5. The number of aromatic hydroxyl groups is 1. The Kier molecular flexibility index (Phi) is 5.83. The first kappa shape index (κ1) is 17.8. The van der Waals surface area contributed by atoms with Crippen LogP contribution >= 0.6 is 0 Å². The molecule has 0 heterocycles. The molecule has 3 nitrogen and oxygen atoms in total. The predicted octanol–water partition coefficient (Wildman–Crippen LogP) is 4.58. The lowest BCUT2D eigenvalue weighted by atomic mass is 9.60. The van der Waals surface area contributed by atoms with Gasteiger partial charge in [-0.1, -0.05) is 25.8 Å². The number of rotatable bonds is 6. The van der Waals surface area contributed by atoms with Gasteiger partial charge < -0.3 is 14.9 Å². The molecule has 1 unspecified atom stereocenters. The van der Waals surface area contributed by atoms with Gasteiger partial charge in [0.2, 0.25) is 0 Å². The van der Waals surface area contributed by atoms with Crippen molar-refractivity contribution in [3.8, 4) is 5.75 Å². The van der Waals surface area contributed by atoms with Gasteiger partial charge in [0.05, 0.1) is 12.7 Å². The topological polar surface area (TPSA) is 49.7 Å². The number of fused-ring (bicyclic) bond motifs is 3. The van der Waals surface area contributed by atoms with Crippen LogP contribution in [0.5, 0.6) is 5.75 Å². The van der Waals surface area contributed by atoms with Gasteiger partial charge in [0, 0.05) is 13.0 Å². The second-order valence-electron chi connectivity index (χ2n) is 7.80. The fourth-order valence-corrected chi connectivity index (χ4v) is 5.14. The summed E-state index contributed by atoms with van der Waals surface area (Å²) in [5.74, 6) is 2.78. The molecule has 0 bridgehead atoms. The number of methoxy groups -OCH3 is 1. The van der Waals surface area contributed by atoms with E-state index in [1.54, 1.807) is 7.11 Å². The summed E-state index contributed by atoms with van der Waals surface area (Å²) in [5.41, 5.74) is 2.74. The third-order valence-corrected chi connectivity index (χ3v) is 6.39. The van der Waals surface area contributed by atoms with E-state index in [2.05, 4.69) is 13.0 Å². The highest BCUT2D eigenvalue weighted by molar-refractivity contribution is 5.42. The number of benzene rings is 1. The van der Waals surface area contributed by atoms with E-state index in [4.69, 9.17) is 4.74 Å². The summed E-state index contributed by atoms with van der Waals surface area (Å²) < 4.78 is 5.49. The van der Waals surface area contributed by atoms with Crippen molar-refractivity contribution < 1.29 is 14.9 Å². The number of aliphatic hydroxyl groups is 1. The summed E-state index contributed by atoms with van der Waals surface area (Å²) >= 11 is 0. The Morgan fingerprint density at radius 3 is 2.83 bits per heavy atom. The predicted molar refractivity (Wildman–Crippen MR) is 96.4 cm³/mol. The zero-order valence-corrected chi connectivity index (χ0v) is 15.1. The van der Waals surface area contributed by atoms with Crippen molar-refractivity contribution in [2.75, 3.05) is 13.7 Å². The molecule has 2 N–H and O–H groups in total. The first-order valence-corrected chi connectivity index (χ1v) is 9.63. The molecule has 134 valence electrons. The SMILES string of the molecule is CCC(O)CC[C@@H]1CCC[C@@H]2c3ccc(O)cc3[C@H](COC)C[C@@H]12. The van der Waals surface area contributed by atoms with E-state index in [0.717, 1.165) is 32.3 Å². The van der Waals surface area contributed by atoms with Gasteiger partial charge in [0.15, 0.2) is 0 Å². The Hall–Kier alpha value is -1.06. The summed E-state index contributed by atoms with van der Waals surface area (Å²) in [5, 5.41) is 19.9. The summed E-state index contributed by atoms with van der Waals surface area (Å²) in [7, 11) is 1.77. The second-order valence-corrected chi connectivity index (χ2v) is 7.80. The van der Waals surface area contributed by atoms with Gasteiger partial charge in [-0.05, 0) is 73.1 Å². The van der Waals surface area contributed by atoms with Gasteiger partial charge in [0.1, 0.15) is 5.75 Å². The van der Waals surface area contributed by atoms with Crippen molar-refractivity contribution in [1.82, 2.24) is 0 Å². The lowest BCUT2D eigenvalue weighted by Crippen LogP contribution is -2.34. The first-order chi connectivity index (χ1) is 11.6. The van der Waals surface area contributed by atoms with E-state index >= 15 is 0 Å². The average Bonchev–Trinajstić information content (AvgIpc) is 2.60. The van der Waals surface area contributed by atoms with Gasteiger partial charge in [-0.3, -0.25) is 0 Å². The maximum absolute atomic E-state index is 9.96. The van der Waals surface area contributed by atoms with Gasteiger partial charge in [-0.2, -0.15) is 0 Å². The number of aliphatic hydroxyl groups excluding tert-OH is 1. The summed E-state index contributed by atoms with van der Waals surface area (Å²) in [6.45, 7) is 2.79. The molecular formula is C21H32O3. The lowest BCUT2D eigenvalue weighted by molar-refractivity contribution is 0.0974. The molecule has 0 amide bonds. The Labute approximate surface area is 146 Å². The van der Waals surface area contributed by atoms with Crippen LogP contribution in [0.1, 0.15) is 74.8 Å². The minimum absolute atomic E-state index is 0.145. The van der Waals surface area contributed by atoms with Crippen LogP contribution in [0.3, 0.4) is 0 Å². The third-order valence-electron chi connectivity index (χ3n) is 6.39. The van der Waals surface area contributed by atoms with Crippen LogP contribution < -0.4 is 0 Å². The lowest BCUT2D eigenvalue weighted by Gasteiger charge is -2.45. The zero-order valence-electron chi connectivity index (χ0n) is 15.1. The minimum atomic E-state index is -0.145. The van der Waals surface area contributed by atoms with Crippen molar-refractivity contribution in [2.45, 2.75) is 69.8 Å². The largest absolute Gasteiger partial charge is 0.508 e. The standard InChI is InChI=1S/C21H32O3/c1-3-16(22)8-7-14-5-4-6-18-19-10-9-17(23)12-21(19)15(13-24-2)11-20(14)18/h9-10,12,14-16,18,20,22-23H,3-8,11,13H2,1-2H3/t14-,15-,16?,18+,20-/m0/s1. The van der Waals surface area contributed by atoms with Crippen LogP contribution in [-0.2, 0) is 4.74 Å². The Morgan fingerprint density at radius 2 is 2.08 bits per heavy atom. The van der Waals surface area contributed by atoms with Crippen molar-refractivity contribution >= 4 is 0 Å². The maximum Gasteiger partial charge on any atom is 0.115 e. The molecule has 0 radical (unpaired) electrons. The molecule has 0 aliphatic heterocycles. The Morgan fingerprint density at radius 1 is 1.25 bits per heavy atom. The quantitative estimate of drug-likeness (QED) is 0.802. The van der Waals surface area contributed by atoms with Crippen molar-refractivity contribution in [3.05, 3.63) is 29.3 Å². The minimum Gasteiger partial charge on any atom is -0.508 e. The molecular weight excluding hydrogens is 300 g/mol. The Balaban J connectivity index is 1.83. The second kappa shape index (κ2) is 7.88. The van der Waals surface area contributed by atoms with E-state index in [1.165, 1.54) is 30.4 Å². The van der Waals surface area contributed by atoms with Crippen LogP contribution in [0.4, 0.5) is 0 Å². The molecule has 2 aliphatic rings. The maximum atomic E-state index is 9.96. The number of ether oxygens (including phenoxy) is 1. The highest BCUT2D eigenvalue weighted by Gasteiger charge is 2.40. The van der Waals surface area contributed by atoms with Gasteiger partial charge in [0.25, 0.3) is 0 Å². The molecule has 1 fully saturated rings. The summed E-state index contributed by atoms with van der Waals surface area (Å²) in [6, 6.07) is 5.95. The van der Waals surface area contributed by atoms with E-state index in [0.29, 0.717) is 29.4 Å². The van der Waals surface area contributed by atoms with Gasteiger partial charge in [-0.25, -0.2) is 0 Å². The van der Waals surface area contributed by atoms with Crippen molar-refractivity contribution in [3.63, 3.8) is 0 Å². The molecule has 24 heavy (non-hydrogen) atoms. The van der Waals surface area contributed by atoms with Gasteiger partial charge in [-0.15, -0.1) is 0 Å². The molecule has 1 aromatic rings. The van der Waals surface area contributed by atoms with Crippen molar-refractivity contribution in [1.29, 1.82) is 0 Å². The smallest absolute Gasteiger partial charge is 0.115 e. The molecule has 5 atom stereocenters. The number of hydrogen-bond donors (Lipinski definition) is 2. The van der Waals surface area contributed by atoms with Crippen LogP contribution in [0.25, 0.3) is 0 Å². The Bertz CT molecular complexity index is 542. The van der Waals surface area contributed by atoms with E-state index in [1.807, 2.05) is 12.1 Å². The molecule has 1 aromatic carbocycles. The third kappa shape index (κ3) is 3.62. The van der Waals surface area contributed by atoms with Gasteiger partial charge >= 0.3 is 0 Å². The fourth-order valence-electron chi connectivity index (χ4n) is 5.14. The first-order valence-electron chi connectivity index (χ1n) is 9.63.